The van der Waals surface area contributed by atoms with Crippen LogP contribution in [0.5, 0.6) is 0 Å². The van der Waals surface area contributed by atoms with Gasteiger partial charge in [-0.1, -0.05) is 60.7 Å². The van der Waals surface area contributed by atoms with Gasteiger partial charge in [0.2, 0.25) is 0 Å². The Morgan fingerprint density at radius 3 is 2.33 bits per heavy atom. The summed E-state index contributed by atoms with van der Waals surface area (Å²) in [6.45, 7) is 0. The van der Waals surface area contributed by atoms with Gasteiger partial charge in [0.25, 0.3) is 0 Å². The lowest BCUT2D eigenvalue weighted by atomic mass is 10.1. The van der Waals surface area contributed by atoms with Gasteiger partial charge in [0.05, 0.1) is 0 Å². The maximum atomic E-state index is 11.7. The summed E-state index contributed by atoms with van der Waals surface area (Å²) in [5.74, 6) is -0.513. The Morgan fingerprint density at radius 2 is 1.71 bits per heavy atom. The first-order valence-electron chi connectivity index (χ1n) is 6.65. The fourth-order valence-corrected chi connectivity index (χ4v) is 1.85. The molecule has 0 spiro atoms. The van der Waals surface area contributed by atoms with Gasteiger partial charge in [-0.2, -0.15) is 5.26 Å². The Labute approximate surface area is 124 Å². The van der Waals surface area contributed by atoms with Crippen LogP contribution in [-0.2, 0) is 16.0 Å². The Morgan fingerprint density at radius 1 is 1.10 bits per heavy atom. The molecule has 0 fully saturated rings. The first kappa shape index (κ1) is 14.5. The lowest BCUT2D eigenvalue weighted by Crippen LogP contribution is -2.17. The summed E-state index contributed by atoms with van der Waals surface area (Å²) >= 11 is 0. The van der Waals surface area contributed by atoms with Gasteiger partial charge in [-0.05, 0) is 17.2 Å². The monoisotopic (exact) mass is 277 g/mol. The van der Waals surface area contributed by atoms with Gasteiger partial charge in [-0.3, -0.25) is 0 Å². The Balaban J connectivity index is 1.91. The fourth-order valence-electron chi connectivity index (χ4n) is 1.85. The highest BCUT2D eigenvalue weighted by molar-refractivity contribution is 5.87. The van der Waals surface area contributed by atoms with Crippen LogP contribution in [0.1, 0.15) is 11.1 Å². The lowest BCUT2D eigenvalue weighted by molar-refractivity contribution is -0.140. The van der Waals surface area contributed by atoms with Crippen LogP contribution >= 0.6 is 0 Å². The molecule has 2 aromatic carbocycles. The molecule has 0 heterocycles. The van der Waals surface area contributed by atoms with Crippen LogP contribution in [0.25, 0.3) is 6.08 Å². The van der Waals surface area contributed by atoms with Crippen molar-refractivity contribution in [1.82, 2.24) is 0 Å². The van der Waals surface area contributed by atoms with Crippen molar-refractivity contribution < 1.29 is 9.53 Å². The van der Waals surface area contributed by atoms with Crippen molar-refractivity contribution in [2.45, 2.75) is 12.5 Å². The number of carbonyl (C=O) groups is 1. The molecule has 0 aliphatic carbocycles. The van der Waals surface area contributed by atoms with Crippen molar-refractivity contribution in [3.8, 4) is 6.07 Å². The summed E-state index contributed by atoms with van der Waals surface area (Å²) in [5, 5.41) is 9.07. The number of ether oxygens (including phenoxy) is 1. The van der Waals surface area contributed by atoms with E-state index in [1.807, 2.05) is 66.7 Å². The quantitative estimate of drug-likeness (QED) is 0.622. The predicted molar refractivity (Wildman–Crippen MR) is 81.1 cm³/mol. The number of carbonyl (C=O) groups excluding carboxylic acids is 1. The van der Waals surface area contributed by atoms with Gasteiger partial charge in [0.15, 0.2) is 6.10 Å². The van der Waals surface area contributed by atoms with Crippen LogP contribution in [0.2, 0.25) is 0 Å². The summed E-state index contributed by atoms with van der Waals surface area (Å²) in [4.78, 5) is 11.7. The number of nitriles is 1. The molecule has 0 aliphatic rings. The molecular weight excluding hydrogens is 262 g/mol. The maximum absolute atomic E-state index is 11.7. The first-order valence-corrected chi connectivity index (χ1v) is 6.65. The van der Waals surface area contributed by atoms with E-state index in [0.717, 1.165) is 11.1 Å². The van der Waals surface area contributed by atoms with Gasteiger partial charge in [-0.15, -0.1) is 0 Å². The second-order valence-corrected chi connectivity index (χ2v) is 4.49. The molecule has 0 saturated heterocycles. The minimum atomic E-state index is -0.777. The summed E-state index contributed by atoms with van der Waals surface area (Å²) in [6, 6.07) is 20.9. The number of hydrogen-bond donors (Lipinski definition) is 0. The average molecular weight is 277 g/mol. The molecule has 0 N–H and O–H groups in total. The van der Waals surface area contributed by atoms with E-state index in [0.29, 0.717) is 6.42 Å². The molecule has 0 aromatic heterocycles. The predicted octanol–water partition coefficient (Wildman–Crippen LogP) is 3.38. The molecule has 0 radical (unpaired) electrons. The minimum absolute atomic E-state index is 0.391. The SMILES string of the molecule is N#CC(Cc1ccccc1)OC(=O)C=Cc1ccccc1. The third-order valence-electron chi connectivity index (χ3n) is 2.88. The van der Waals surface area contributed by atoms with E-state index >= 15 is 0 Å². The number of esters is 1. The van der Waals surface area contributed by atoms with Crippen molar-refractivity contribution in [2.24, 2.45) is 0 Å². The van der Waals surface area contributed by atoms with E-state index in [4.69, 9.17) is 10.00 Å². The van der Waals surface area contributed by atoms with Crippen molar-refractivity contribution in [2.75, 3.05) is 0 Å². The lowest BCUT2D eigenvalue weighted by Gasteiger charge is -2.09. The topological polar surface area (TPSA) is 50.1 Å². The summed E-state index contributed by atoms with van der Waals surface area (Å²) in [6.07, 6.45) is 2.62. The smallest absolute Gasteiger partial charge is 0.332 e. The van der Waals surface area contributed by atoms with Gasteiger partial charge in [-0.25, -0.2) is 4.79 Å². The van der Waals surface area contributed by atoms with Gasteiger partial charge >= 0.3 is 5.97 Å². The van der Waals surface area contributed by atoms with Crippen LogP contribution in [0.15, 0.2) is 66.7 Å². The second kappa shape index (κ2) is 7.66. The van der Waals surface area contributed by atoms with Crippen LogP contribution in [0.3, 0.4) is 0 Å². The normalized spacial score (nSPS) is 11.8. The van der Waals surface area contributed by atoms with Crippen molar-refractivity contribution in [3.05, 3.63) is 77.9 Å². The van der Waals surface area contributed by atoms with Crippen LogP contribution < -0.4 is 0 Å². The van der Waals surface area contributed by atoms with Gasteiger partial charge in [0.1, 0.15) is 6.07 Å². The summed E-state index contributed by atoms with van der Waals surface area (Å²) in [7, 11) is 0. The average Bonchev–Trinajstić information content (AvgIpc) is 2.54. The Hall–Kier alpha value is -2.86. The molecule has 3 nitrogen and oxygen atoms in total. The number of nitrogens with zero attached hydrogens (tertiary/aromatic N) is 1. The zero-order chi connectivity index (χ0) is 14.9. The van der Waals surface area contributed by atoms with E-state index in [9.17, 15) is 4.79 Å². The number of hydrogen-bond acceptors (Lipinski definition) is 3. The first-order chi connectivity index (χ1) is 10.3. The zero-order valence-electron chi connectivity index (χ0n) is 11.5. The summed E-state index contributed by atoms with van der Waals surface area (Å²) < 4.78 is 5.14. The van der Waals surface area contributed by atoms with Crippen molar-refractivity contribution >= 4 is 12.0 Å². The largest absolute Gasteiger partial charge is 0.443 e. The molecule has 104 valence electrons. The van der Waals surface area contributed by atoms with E-state index in [1.54, 1.807) is 6.08 Å². The van der Waals surface area contributed by atoms with Crippen LogP contribution in [-0.4, -0.2) is 12.1 Å². The molecule has 3 heteroatoms. The van der Waals surface area contributed by atoms with Crippen molar-refractivity contribution in [3.63, 3.8) is 0 Å². The second-order valence-electron chi connectivity index (χ2n) is 4.49. The standard InChI is InChI=1S/C18H15NO2/c19-14-17(13-16-9-5-2-6-10-16)21-18(20)12-11-15-7-3-1-4-8-15/h1-12,17H,13H2. The van der Waals surface area contributed by atoms with Gasteiger partial charge < -0.3 is 4.74 Å². The number of rotatable bonds is 5. The minimum Gasteiger partial charge on any atom is -0.443 e. The maximum Gasteiger partial charge on any atom is 0.332 e. The summed E-state index contributed by atoms with van der Waals surface area (Å²) in [5.41, 5.74) is 1.87. The highest BCUT2D eigenvalue weighted by Crippen LogP contribution is 2.07. The zero-order valence-corrected chi connectivity index (χ0v) is 11.5. The molecule has 1 atom stereocenters. The van der Waals surface area contributed by atoms with E-state index in [2.05, 4.69) is 0 Å². The Kier molecular flexibility index (Phi) is 5.31. The molecule has 0 bridgehead atoms. The number of benzene rings is 2. The molecule has 2 aromatic rings. The highest BCUT2D eigenvalue weighted by Gasteiger charge is 2.12. The Bertz CT molecular complexity index is 642. The van der Waals surface area contributed by atoms with Gasteiger partial charge in [0, 0.05) is 12.5 Å². The van der Waals surface area contributed by atoms with Crippen LogP contribution in [0.4, 0.5) is 0 Å². The van der Waals surface area contributed by atoms with E-state index in [-0.39, 0.29) is 0 Å². The van der Waals surface area contributed by atoms with Crippen LogP contribution in [0, 0.1) is 11.3 Å². The molecule has 0 saturated carbocycles. The molecule has 1 unspecified atom stereocenters. The molecule has 2 rings (SSSR count). The molecule has 21 heavy (non-hydrogen) atoms. The highest BCUT2D eigenvalue weighted by atomic mass is 16.5. The molecule has 0 amide bonds. The molecule has 0 aliphatic heterocycles. The fraction of sp³-hybridized carbons (Fsp3) is 0.111. The third kappa shape index (κ3) is 4.96. The van der Waals surface area contributed by atoms with Crippen molar-refractivity contribution in [1.29, 1.82) is 5.26 Å². The van der Waals surface area contributed by atoms with E-state index < -0.39 is 12.1 Å². The third-order valence-corrected chi connectivity index (χ3v) is 2.88. The van der Waals surface area contributed by atoms with E-state index in [1.165, 1.54) is 6.08 Å². The molecular formula is C18H15NO2.